The fraction of sp³-hybridized carbons (Fsp3) is 0.541. The average Bonchev–Trinajstić information content (AvgIpc) is 3.46. The van der Waals surface area contributed by atoms with E-state index in [0.29, 0.717) is 32.4 Å². The molecule has 2 fully saturated rings. The summed E-state index contributed by atoms with van der Waals surface area (Å²) in [6, 6.07) is 9.69. The Hall–Kier alpha value is -4.27. The molecule has 2 N–H and O–H groups in total. The van der Waals surface area contributed by atoms with Crippen molar-refractivity contribution in [2.45, 2.75) is 84.6 Å². The van der Waals surface area contributed by atoms with Crippen molar-refractivity contribution < 1.29 is 19.0 Å². The van der Waals surface area contributed by atoms with E-state index in [1.165, 1.54) is 0 Å². The van der Waals surface area contributed by atoms with Crippen LogP contribution in [0.1, 0.15) is 39.2 Å². The maximum atomic E-state index is 12.3. The molecule has 2 aliphatic heterocycles. The van der Waals surface area contributed by atoms with Gasteiger partial charge in [0.25, 0.3) is 0 Å². The quantitative estimate of drug-likeness (QED) is 0.129. The Bertz CT molecular complexity index is 1800. The smallest absolute Gasteiger partial charge is 0.407 e. The van der Waals surface area contributed by atoms with Crippen LogP contribution in [0.15, 0.2) is 43.0 Å². The summed E-state index contributed by atoms with van der Waals surface area (Å²) in [7, 11) is -1.23. The number of morpholine rings is 1. The summed E-state index contributed by atoms with van der Waals surface area (Å²) in [6.07, 6.45) is 6.70. The molecule has 274 valence electrons. The summed E-state index contributed by atoms with van der Waals surface area (Å²) >= 11 is 0. The number of aromatic nitrogens is 5. The largest absolute Gasteiger partial charge is 0.444 e. The van der Waals surface area contributed by atoms with Crippen LogP contribution in [0.5, 0.6) is 0 Å². The predicted octanol–water partition coefficient (Wildman–Crippen LogP) is 6.58. The Morgan fingerprint density at radius 1 is 1.02 bits per heavy atom. The molecule has 13 nitrogen and oxygen atoms in total. The molecule has 2 saturated heterocycles. The van der Waals surface area contributed by atoms with E-state index in [0.717, 1.165) is 90.2 Å². The first-order chi connectivity index (χ1) is 24.3. The highest BCUT2D eigenvalue weighted by atomic mass is 28.3. The second-order valence-corrected chi connectivity index (χ2v) is 21.3. The molecule has 4 aromatic rings. The molecular formula is C37H53N9O4Si. The van der Waals surface area contributed by atoms with E-state index in [4.69, 9.17) is 24.2 Å². The minimum Gasteiger partial charge on any atom is -0.444 e. The van der Waals surface area contributed by atoms with Crippen LogP contribution in [-0.4, -0.2) is 96.3 Å². The molecule has 0 unspecified atom stereocenters. The molecule has 5 heterocycles. The molecule has 6 rings (SSSR count). The molecule has 0 saturated carbocycles. The van der Waals surface area contributed by atoms with Crippen molar-refractivity contribution in [3.8, 4) is 11.3 Å². The van der Waals surface area contributed by atoms with E-state index < -0.39 is 19.8 Å². The SMILES string of the molecule is Cc1cc(-c2cc3c(N4CCOCC4)ncnc3n2COCC[Si](C)(C)C)ccc1Nc1cnc(N2CCC[C@@H](NC(=O)OC(C)(C)C)C2)nc1. The molecule has 0 aliphatic carbocycles. The lowest BCUT2D eigenvalue weighted by Crippen LogP contribution is -2.49. The molecular weight excluding hydrogens is 663 g/mol. The number of carbonyl (C=O) groups is 1. The molecule has 1 atom stereocenters. The number of anilines is 4. The third-order valence-electron chi connectivity index (χ3n) is 9.06. The van der Waals surface area contributed by atoms with Crippen LogP contribution in [0.4, 0.5) is 27.9 Å². The number of hydrogen-bond donors (Lipinski definition) is 2. The lowest BCUT2D eigenvalue weighted by molar-refractivity contribution is 0.0499. The zero-order valence-electron chi connectivity index (χ0n) is 31.2. The second-order valence-electron chi connectivity index (χ2n) is 15.7. The lowest BCUT2D eigenvalue weighted by atomic mass is 10.1. The van der Waals surface area contributed by atoms with Gasteiger partial charge in [-0.1, -0.05) is 25.7 Å². The fourth-order valence-corrected chi connectivity index (χ4v) is 7.16. The number of nitrogens with one attached hydrogen (secondary N) is 2. The Balaban J connectivity index is 1.18. The zero-order valence-corrected chi connectivity index (χ0v) is 32.2. The van der Waals surface area contributed by atoms with Gasteiger partial charge < -0.3 is 39.2 Å². The van der Waals surface area contributed by atoms with Gasteiger partial charge in [-0.15, -0.1) is 0 Å². The monoisotopic (exact) mass is 715 g/mol. The summed E-state index contributed by atoms with van der Waals surface area (Å²) in [5.41, 5.74) is 5.29. The number of aryl methyl sites for hydroxylation is 1. The number of benzene rings is 1. The lowest BCUT2D eigenvalue weighted by Gasteiger charge is -2.33. The number of nitrogens with zero attached hydrogens (tertiary/aromatic N) is 7. The van der Waals surface area contributed by atoms with E-state index in [1.54, 1.807) is 6.33 Å². The highest BCUT2D eigenvalue weighted by Gasteiger charge is 2.26. The van der Waals surface area contributed by atoms with E-state index in [1.807, 2.05) is 33.2 Å². The van der Waals surface area contributed by atoms with Crippen LogP contribution in [0.2, 0.25) is 25.7 Å². The van der Waals surface area contributed by atoms with Crippen LogP contribution in [0, 0.1) is 6.92 Å². The van der Waals surface area contributed by atoms with Gasteiger partial charge in [0, 0.05) is 52.6 Å². The summed E-state index contributed by atoms with van der Waals surface area (Å²) in [4.78, 5) is 35.5. The van der Waals surface area contributed by atoms with Gasteiger partial charge in [0.2, 0.25) is 5.95 Å². The molecule has 0 radical (unpaired) electrons. The molecule has 0 bridgehead atoms. The second kappa shape index (κ2) is 15.5. The van der Waals surface area contributed by atoms with E-state index in [9.17, 15) is 4.79 Å². The van der Waals surface area contributed by atoms with Crippen LogP contribution in [0.25, 0.3) is 22.3 Å². The van der Waals surface area contributed by atoms with Crippen LogP contribution in [-0.2, 0) is 20.9 Å². The summed E-state index contributed by atoms with van der Waals surface area (Å²) in [5.74, 6) is 1.57. The Kier molecular flexibility index (Phi) is 11.1. The van der Waals surface area contributed by atoms with Gasteiger partial charge in [-0.25, -0.2) is 24.7 Å². The van der Waals surface area contributed by atoms with E-state index >= 15 is 0 Å². The number of amides is 1. The zero-order chi connectivity index (χ0) is 36.2. The standard InChI is InChI=1S/C37H53N9O4Si/c1-26-19-27(32-20-30-33(44-13-15-48-16-14-44)40-24-41-34(30)46(32)25-49-17-18-51(5,6)7)10-11-31(26)42-29-21-38-35(39-22-29)45-12-8-9-28(23-45)43-36(47)50-37(2,3)4/h10-11,19-22,24,28,42H,8-9,12-18,23,25H2,1-7H3,(H,43,47)/t28-/m1/s1. The van der Waals surface area contributed by atoms with Gasteiger partial charge in [-0.05, 0) is 75.9 Å². The molecule has 2 aliphatic rings. The molecule has 3 aromatic heterocycles. The van der Waals surface area contributed by atoms with Crippen LogP contribution in [0.3, 0.4) is 0 Å². The first kappa shape index (κ1) is 36.5. The minimum absolute atomic E-state index is 0.0235. The Morgan fingerprint density at radius 2 is 1.78 bits per heavy atom. The minimum atomic E-state index is -1.23. The summed E-state index contributed by atoms with van der Waals surface area (Å²) in [6.45, 7) is 20.4. The first-order valence-corrected chi connectivity index (χ1v) is 21.7. The molecule has 51 heavy (non-hydrogen) atoms. The highest BCUT2D eigenvalue weighted by molar-refractivity contribution is 6.76. The molecule has 0 spiro atoms. The van der Waals surface area contributed by atoms with Crippen molar-refractivity contribution in [2.75, 3.05) is 61.1 Å². The van der Waals surface area contributed by atoms with Crippen molar-refractivity contribution in [3.63, 3.8) is 0 Å². The van der Waals surface area contributed by atoms with Crippen molar-refractivity contribution in [1.82, 2.24) is 29.8 Å². The number of alkyl carbamates (subject to hydrolysis) is 1. The molecule has 14 heteroatoms. The van der Waals surface area contributed by atoms with Gasteiger partial charge in [-0.3, -0.25) is 0 Å². The maximum Gasteiger partial charge on any atom is 0.407 e. The van der Waals surface area contributed by atoms with Gasteiger partial charge >= 0.3 is 6.09 Å². The van der Waals surface area contributed by atoms with Crippen molar-refractivity contribution in [1.29, 1.82) is 0 Å². The van der Waals surface area contributed by atoms with Crippen LogP contribution >= 0.6 is 0 Å². The van der Waals surface area contributed by atoms with Gasteiger partial charge in [0.05, 0.1) is 42.4 Å². The summed E-state index contributed by atoms with van der Waals surface area (Å²) < 4.78 is 19.5. The average molecular weight is 716 g/mol. The topological polar surface area (TPSA) is 132 Å². The number of piperidine rings is 1. The number of fused-ring (bicyclic) bond motifs is 1. The Morgan fingerprint density at radius 3 is 2.49 bits per heavy atom. The van der Waals surface area contributed by atoms with Gasteiger partial charge in [-0.2, -0.15) is 0 Å². The van der Waals surface area contributed by atoms with Crippen LogP contribution < -0.4 is 20.4 Å². The van der Waals surface area contributed by atoms with Crippen molar-refractivity contribution in [2.24, 2.45) is 0 Å². The van der Waals surface area contributed by atoms with Crippen molar-refractivity contribution >= 4 is 48.3 Å². The summed E-state index contributed by atoms with van der Waals surface area (Å²) in [5, 5.41) is 7.51. The fourth-order valence-electron chi connectivity index (χ4n) is 6.40. The molecule has 1 amide bonds. The van der Waals surface area contributed by atoms with Crippen molar-refractivity contribution in [3.05, 3.63) is 48.5 Å². The van der Waals surface area contributed by atoms with Gasteiger partial charge in [0.15, 0.2) is 0 Å². The Labute approximate surface area is 302 Å². The normalized spacial score (nSPS) is 17.1. The molecule has 1 aromatic carbocycles. The van der Waals surface area contributed by atoms with E-state index in [-0.39, 0.29) is 6.04 Å². The third kappa shape index (κ3) is 9.54. The third-order valence-corrected chi connectivity index (χ3v) is 10.8. The number of carbonyl (C=O) groups excluding carboxylic acids is 1. The van der Waals surface area contributed by atoms with Gasteiger partial charge in [0.1, 0.15) is 30.1 Å². The van der Waals surface area contributed by atoms with E-state index in [2.05, 4.69) is 85.8 Å². The highest BCUT2D eigenvalue weighted by Crippen LogP contribution is 2.34. The maximum absolute atomic E-state index is 12.3. The first-order valence-electron chi connectivity index (χ1n) is 18.0. The number of hydrogen-bond acceptors (Lipinski definition) is 11. The predicted molar refractivity (Wildman–Crippen MR) is 205 cm³/mol. The number of rotatable bonds is 11. The number of ether oxygens (including phenoxy) is 3.